The van der Waals surface area contributed by atoms with Crippen LogP contribution in [0, 0.1) is 11.8 Å². The van der Waals surface area contributed by atoms with Gasteiger partial charge in [0, 0.05) is 12.6 Å². The highest BCUT2D eigenvalue weighted by Gasteiger charge is 2.30. The maximum absolute atomic E-state index is 12.7. The normalized spacial score (nSPS) is 27.6. The minimum atomic E-state index is -4.26. The van der Waals surface area contributed by atoms with E-state index in [1.807, 2.05) is 0 Å². The third-order valence-electron chi connectivity index (χ3n) is 4.53. The van der Waals surface area contributed by atoms with Crippen molar-refractivity contribution in [3.63, 3.8) is 0 Å². The first kappa shape index (κ1) is 15.4. The molecule has 0 aromatic heterocycles. The fraction of sp³-hybridized carbons (Fsp3) is 0.625. The zero-order chi connectivity index (χ0) is 14.8. The van der Waals surface area contributed by atoms with Crippen molar-refractivity contribution in [3.8, 4) is 0 Å². The van der Waals surface area contributed by atoms with Crippen molar-refractivity contribution in [2.75, 3.05) is 0 Å². The number of benzene rings is 1. The molecule has 1 fully saturated rings. The van der Waals surface area contributed by atoms with Gasteiger partial charge in [-0.2, -0.15) is 13.2 Å². The summed E-state index contributed by atoms with van der Waals surface area (Å²) in [5.41, 5.74) is 0.132. The minimum Gasteiger partial charge on any atom is -0.310 e. The van der Waals surface area contributed by atoms with E-state index in [4.69, 9.17) is 0 Å². The van der Waals surface area contributed by atoms with E-state index in [0.29, 0.717) is 30.0 Å². The molecule has 20 heavy (non-hydrogen) atoms. The summed E-state index contributed by atoms with van der Waals surface area (Å²) in [7, 11) is 0. The highest BCUT2D eigenvalue weighted by molar-refractivity contribution is 5.25. The molecule has 0 aliphatic heterocycles. The Morgan fingerprint density at radius 3 is 2.65 bits per heavy atom. The van der Waals surface area contributed by atoms with Crippen LogP contribution in [0.2, 0.25) is 0 Å². The summed E-state index contributed by atoms with van der Waals surface area (Å²) in [4.78, 5) is 0. The number of alkyl halides is 3. The van der Waals surface area contributed by atoms with Gasteiger partial charge in [-0.1, -0.05) is 44.9 Å². The lowest BCUT2D eigenvalue weighted by Crippen LogP contribution is -2.40. The summed E-state index contributed by atoms with van der Waals surface area (Å²) >= 11 is 0. The molecule has 1 N–H and O–H groups in total. The molecular weight excluding hydrogens is 263 g/mol. The van der Waals surface area contributed by atoms with Gasteiger partial charge in [0.25, 0.3) is 0 Å². The van der Waals surface area contributed by atoms with E-state index in [-0.39, 0.29) is 0 Å². The number of hydrogen-bond donors (Lipinski definition) is 1. The molecule has 0 radical (unpaired) electrons. The van der Waals surface area contributed by atoms with Crippen molar-refractivity contribution in [3.05, 3.63) is 35.4 Å². The lowest BCUT2D eigenvalue weighted by atomic mass is 9.78. The molecule has 3 atom stereocenters. The first-order valence-corrected chi connectivity index (χ1v) is 7.27. The van der Waals surface area contributed by atoms with Crippen LogP contribution in [0.15, 0.2) is 24.3 Å². The van der Waals surface area contributed by atoms with E-state index in [2.05, 4.69) is 19.2 Å². The molecule has 1 saturated carbocycles. The molecule has 2 rings (SSSR count). The van der Waals surface area contributed by atoms with Crippen LogP contribution in [0.1, 0.15) is 44.2 Å². The van der Waals surface area contributed by atoms with Crippen LogP contribution in [0.25, 0.3) is 0 Å². The molecule has 1 aliphatic carbocycles. The quantitative estimate of drug-likeness (QED) is 0.854. The van der Waals surface area contributed by atoms with Gasteiger partial charge in [0.1, 0.15) is 0 Å². The summed E-state index contributed by atoms with van der Waals surface area (Å²) in [6.07, 6.45) is -0.693. The van der Waals surface area contributed by atoms with Gasteiger partial charge in [0.2, 0.25) is 0 Å². The van der Waals surface area contributed by atoms with Crippen LogP contribution in [-0.2, 0) is 12.7 Å². The molecule has 1 aliphatic rings. The van der Waals surface area contributed by atoms with E-state index in [9.17, 15) is 13.2 Å². The van der Waals surface area contributed by atoms with Crippen LogP contribution < -0.4 is 5.32 Å². The lowest BCUT2D eigenvalue weighted by Gasteiger charge is -2.34. The summed E-state index contributed by atoms with van der Waals surface area (Å²) < 4.78 is 38.0. The standard InChI is InChI=1S/C16H22F3N/c1-11-5-3-8-15(12(11)2)20-10-13-6-4-7-14(9-13)16(17,18)19/h4,6-7,9,11-12,15,20H,3,5,8,10H2,1-2H3. The number of halogens is 3. The fourth-order valence-corrected chi connectivity index (χ4v) is 2.98. The molecule has 3 unspecified atom stereocenters. The van der Waals surface area contributed by atoms with E-state index < -0.39 is 11.7 Å². The van der Waals surface area contributed by atoms with E-state index in [1.54, 1.807) is 6.07 Å². The maximum atomic E-state index is 12.7. The van der Waals surface area contributed by atoms with Crippen LogP contribution in [0.4, 0.5) is 13.2 Å². The molecule has 0 amide bonds. The van der Waals surface area contributed by atoms with Crippen molar-refractivity contribution in [2.24, 2.45) is 11.8 Å². The smallest absolute Gasteiger partial charge is 0.310 e. The summed E-state index contributed by atoms with van der Waals surface area (Å²) in [5, 5.41) is 3.43. The number of nitrogens with one attached hydrogen (secondary N) is 1. The van der Waals surface area contributed by atoms with Crippen molar-refractivity contribution in [1.82, 2.24) is 5.32 Å². The Bertz CT molecular complexity index is 442. The fourth-order valence-electron chi connectivity index (χ4n) is 2.98. The average molecular weight is 285 g/mol. The Morgan fingerprint density at radius 1 is 1.20 bits per heavy atom. The Labute approximate surface area is 118 Å². The van der Waals surface area contributed by atoms with Gasteiger partial charge in [0.15, 0.2) is 0 Å². The van der Waals surface area contributed by atoms with Gasteiger partial charge in [0.05, 0.1) is 5.56 Å². The maximum Gasteiger partial charge on any atom is 0.416 e. The molecule has 1 aromatic carbocycles. The largest absolute Gasteiger partial charge is 0.416 e. The Hall–Kier alpha value is -1.03. The Kier molecular flexibility index (Phi) is 4.74. The topological polar surface area (TPSA) is 12.0 Å². The Morgan fingerprint density at radius 2 is 1.95 bits per heavy atom. The summed E-state index contributed by atoms with van der Waals surface area (Å²) in [6, 6.07) is 6.00. The first-order valence-electron chi connectivity index (χ1n) is 7.27. The second-order valence-electron chi connectivity index (χ2n) is 5.95. The SMILES string of the molecule is CC1CCCC(NCc2cccc(C(F)(F)F)c2)C1C. The predicted molar refractivity (Wildman–Crippen MR) is 74.3 cm³/mol. The van der Waals surface area contributed by atoms with Crippen LogP contribution in [0.5, 0.6) is 0 Å². The number of hydrogen-bond acceptors (Lipinski definition) is 1. The van der Waals surface area contributed by atoms with Crippen LogP contribution in [0.3, 0.4) is 0 Å². The molecule has 4 heteroatoms. The number of rotatable bonds is 3. The molecule has 0 heterocycles. The molecule has 0 spiro atoms. The monoisotopic (exact) mass is 285 g/mol. The molecular formula is C16H22F3N. The van der Waals surface area contributed by atoms with Gasteiger partial charge in [-0.3, -0.25) is 0 Å². The lowest BCUT2D eigenvalue weighted by molar-refractivity contribution is -0.137. The predicted octanol–water partition coefficient (Wildman–Crippen LogP) is 4.62. The van der Waals surface area contributed by atoms with E-state index >= 15 is 0 Å². The average Bonchev–Trinajstić information content (AvgIpc) is 2.40. The van der Waals surface area contributed by atoms with Crippen molar-refractivity contribution in [2.45, 2.75) is 51.9 Å². The summed E-state index contributed by atoms with van der Waals surface area (Å²) in [5.74, 6) is 1.26. The van der Waals surface area contributed by atoms with Gasteiger partial charge in [-0.25, -0.2) is 0 Å². The second-order valence-corrected chi connectivity index (χ2v) is 5.95. The van der Waals surface area contributed by atoms with Crippen molar-refractivity contribution < 1.29 is 13.2 Å². The second kappa shape index (κ2) is 6.17. The van der Waals surface area contributed by atoms with Gasteiger partial charge in [-0.15, -0.1) is 0 Å². The molecule has 0 saturated heterocycles. The van der Waals surface area contributed by atoms with Gasteiger partial charge in [-0.05, 0) is 29.9 Å². The van der Waals surface area contributed by atoms with Gasteiger partial charge < -0.3 is 5.32 Å². The first-order chi connectivity index (χ1) is 9.38. The zero-order valence-corrected chi connectivity index (χ0v) is 12.0. The molecule has 1 aromatic rings. The zero-order valence-electron chi connectivity index (χ0n) is 12.0. The molecule has 1 nitrogen and oxygen atoms in total. The Balaban J connectivity index is 1.97. The molecule has 0 bridgehead atoms. The van der Waals surface area contributed by atoms with Crippen molar-refractivity contribution in [1.29, 1.82) is 0 Å². The minimum absolute atomic E-state index is 0.410. The highest BCUT2D eigenvalue weighted by Crippen LogP contribution is 2.31. The van der Waals surface area contributed by atoms with E-state index in [0.717, 1.165) is 12.5 Å². The van der Waals surface area contributed by atoms with Gasteiger partial charge >= 0.3 is 6.18 Å². The van der Waals surface area contributed by atoms with Crippen LogP contribution in [-0.4, -0.2) is 6.04 Å². The van der Waals surface area contributed by atoms with E-state index in [1.165, 1.54) is 25.0 Å². The third-order valence-corrected chi connectivity index (χ3v) is 4.53. The van der Waals surface area contributed by atoms with Crippen LogP contribution >= 0.6 is 0 Å². The summed E-state index contributed by atoms with van der Waals surface area (Å²) in [6.45, 7) is 4.99. The third kappa shape index (κ3) is 3.75. The molecule has 112 valence electrons. The highest BCUT2D eigenvalue weighted by atomic mass is 19.4. The van der Waals surface area contributed by atoms with Crippen molar-refractivity contribution >= 4 is 0 Å².